The second kappa shape index (κ2) is 12.6. The zero-order valence-corrected chi connectivity index (χ0v) is 21.8. The molecule has 1 fully saturated rings. The van der Waals surface area contributed by atoms with Gasteiger partial charge >= 0.3 is 0 Å². The number of methoxy groups -OCH3 is 2. The van der Waals surface area contributed by atoms with E-state index in [0.717, 1.165) is 47.4 Å². The van der Waals surface area contributed by atoms with Gasteiger partial charge < -0.3 is 19.7 Å². The minimum Gasteiger partial charge on any atom is -0.497 e. The van der Waals surface area contributed by atoms with E-state index in [0.29, 0.717) is 12.3 Å². The number of hydrogen-bond acceptors (Lipinski definition) is 5. The fourth-order valence-electron chi connectivity index (χ4n) is 4.73. The number of amides is 2. The van der Waals surface area contributed by atoms with E-state index >= 15 is 0 Å². The minimum atomic E-state index is -0.781. The maximum atomic E-state index is 13.9. The standard InChI is InChI=1S/C29H34N2O4S/c1-34-24-15-13-21(14-16-24)20-31(27(32)19-26-12-7-17-36-26)28(22-8-6-11-25(18-22)35-2)29(33)30-23-9-4-3-5-10-23/h6-8,11-18,23,28H,3-5,9-10,19-20H2,1-2H3,(H,30,33)/t28-/m0/s1. The van der Waals surface area contributed by atoms with Crippen LogP contribution in [0.3, 0.4) is 0 Å². The summed E-state index contributed by atoms with van der Waals surface area (Å²) in [5.41, 5.74) is 1.66. The molecule has 3 aromatic rings. The molecule has 4 rings (SSSR count). The fourth-order valence-corrected chi connectivity index (χ4v) is 5.42. The largest absolute Gasteiger partial charge is 0.497 e. The zero-order valence-electron chi connectivity index (χ0n) is 20.9. The number of benzene rings is 2. The molecule has 190 valence electrons. The average Bonchev–Trinajstić information content (AvgIpc) is 3.42. The summed E-state index contributed by atoms with van der Waals surface area (Å²) >= 11 is 1.55. The molecule has 6 nitrogen and oxygen atoms in total. The van der Waals surface area contributed by atoms with E-state index < -0.39 is 6.04 Å². The summed E-state index contributed by atoms with van der Waals surface area (Å²) in [6.45, 7) is 0.300. The van der Waals surface area contributed by atoms with Gasteiger partial charge in [0.05, 0.1) is 20.6 Å². The molecule has 0 radical (unpaired) electrons. The van der Waals surface area contributed by atoms with Crippen molar-refractivity contribution in [1.82, 2.24) is 10.2 Å². The third-order valence-corrected chi connectivity index (χ3v) is 7.54. The lowest BCUT2D eigenvalue weighted by Gasteiger charge is -2.33. The van der Waals surface area contributed by atoms with Crippen molar-refractivity contribution in [3.8, 4) is 11.5 Å². The minimum absolute atomic E-state index is 0.0973. The topological polar surface area (TPSA) is 67.9 Å². The van der Waals surface area contributed by atoms with Crippen molar-refractivity contribution >= 4 is 23.2 Å². The molecule has 2 aromatic carbocycles. The molecule has 1 saturated carbocycles. The van der Waals surface area contributed by atoms with Crippen LogP contribution in [0.25, 0.3) is 0 Å². The van der Waals surface area contributed by atoms with Crippen LogP contribution in [0.2, 0.25) is 0 Å². The predicted octanol–water partition coefficient (Wildman–Crippen LogP) is 5.53. The summed E-state index contributed by atoms with van der Waals surface area (Å²) in [5.74, 6) is 1.15. The number of hydrogen-bond donors (Lipinski definition) is 1. The number of nitrogens with zero attached hydrogens (tertiary/aromatic N) is 1. The molecule has 0 saturated heterocycles. The highest BCUT2D eigenvalue weighted by Crippen LogP contribution is 2.29. The second-order valence-electron chi connectivity index (χ2n) is 9.15. The third-order valence-electron chi connectivity index (χ3n) is 6.66. The van der Waals surface area contributed by atoms with Crippen LogP contribution < -0.4 is 14.8 Å². The second-order valence-corrected chi connectivity index (χ2v) is 10.2. The predicted molar refractivity (Wildman–Crippen MR) is 142 cm³/mol. The van der Waals surface area contributed by atoms with Crippen LogP contribution >= 0.6 is 11.3 Å². The first-order valence-corrected chi connectivity index (χ1v) is 13.3. The Morgan fingerprint density at radius 2 is 1.72 bits per heavy atom. The van der Waals surface area contributed by atoms with Gasteiger partial charge in [0.1, 0.15) is 17.5 Å². The van der Waals surface area contributed by atoms with Gasteiger partial charge in [-0.2, -0.15) is 0 Å². The molecule has 1 atom stereocenters. The molecule has 1 aliphatic rings. The number of thiophene rings is 1. The zero-order chi connectivity index (χ0) is 25.3. The lowest BCUT2D eigenvalue weighted by molar-refractivity contribution is -0.141. The van der Waals surface area contributed by atoms with Crippen molar-refractivity contribution in [2.45, 2.75) is 57.2 Å². The first-order chi connectivity index (χ1) is 17.6. The maximum absolute atomic E-state index is 13.9. The summed E-state index contributed by atoms with van der Waals surface area (Å²) < 4.78 is 10.8. The van der Waals surface area contributed by atoms with Crippen LogP contribution in [0, 0.1) is 0 Å². The van der Waals surface area contributed by atoms with Gasteiger partial charge in [0.2, 0.25) is 11.8 Å². The quantitative estimate of drug-likeness (QED) is 0.393. The van der Waals surface area contributed by atoms with Gasteiger partial charge in [0.25, 0.3) is 0 Å². The monoisotopic (exact) mass is 506 g/mol. The van der Waals surface area contributed by atoms with Crippen molar-refractivity contribution in [3.05, 3.63) is 82.0 Å². The lowest BCUT2D eigenvalue weighted by atomic mass is 9.94. The van der Waals surface area contributed by atoms with Gasteiger partial charge in [-0.15, -0.1) is 11.3 Å². The summed E-state index contributed by atoms with van der Waals surface area (Å²) in [6, 6.07) is 18.3. The smallest absolute Gasteiger partial charge is 0.247 e. The summed E-state index contributed by atoms with van der Waals surface area (Å²) in [5, 5.41) is 5.23. The van der Waals surface area contributed by atoms with Gasteiger partial charge in [-0.25, -0.2) is 0 Å². The molecule has 2 amide bonds. The normalized spacial score (nSPS) is 14.6. The van der Waals surface area contributed by atoms with Gasteiger partial charge in [-0.1, -0.05) is 49.6 Å². The van der Waals surface area contributed by atoms with E-state index in [-0.39, 0.29) is 24.3 Å². The van der Waals surface area contributed by atoms with Crippen LogP contribution in [0.5, 0.6) is 11.5 Å². The first-order valence-electron chi connectivity index (χ1n) is 12.5. The molecule has 1 heterocycles. The summed E-state index contributed by atoms with van der Waals surface area (Å²) in [6.07, 6.45) is 5.61. The van der Waals surface area contributed by atoms with Crippen LogP contribution in [0.4, 0.5) is 0 Å². The van der Waals surface area contributed by atoms with Crippen LogP contribution in [0.1, 0.15) is 54.1 Å². The van der Waals surface area contributed by atoms with Crippen molar-refractivity contribution in [3.63, 3.8) is 0 Å². The van der Waals surface area contributed by atoms with E-state index in [9.17, 15) is 9.59 Å². The summed E-state index contributed by atoms with van der Waals surface area (Å²) in [4.78, 5) is 30.4. The van der Waals surface area contributed by atoms with Crippen molar-refractivity contribution in [1.29, 1.82) is 0 Å². The van der Waals surface area contributed by atoms with Crippen molar-refractivity contribution in [2.24, 2.45) is 0 Å². The molecule has 0 spiro atoms. The Balaban J connectivity index is 1.70. The van der Waals surface area contributed by atoms with Crippen LogP contribution in [-0.4, -0.2) is 37.0 Å². The molecule has 7 heteroatoms. The van der Waals surface area contributed by atoms with Gasteiger partial charge in [0, 0.05) is 17.5 Å². The Labute approximate surface area is 217 Å². The number of rotatable bonds is 10. The number of nitrogens with one attached hydrogen (secondary N) is 1. The Morgan fingerprint density at radius 3 is 2.39 bits per heavy atom. The highest BCUT2D eigenvalue weighted by Gasteiger charge is 2.33. The van der Waals surface area contributed by atoms with Gasteiger partial charge in [0.15, 0.2) is 0 Å². The molecule has 0 bridgehead atoms. The van der Waals surface area contributed by atoms with E-state index in [1.54, 1.807) is 30.5 Å². The van der Waals surface area contributed by atoms with E-state index in [1.165, 1.54) is 6.42 Å². The Bertz CT molecular complexity index is 1120. The highest BCUT2D eigenvalue weighted by molar-refractivity contribution is 7.10. The third kappa shape index (κ3) is 6.66. The molecule has 1 N–H and O–H groups in total. The van der Waals surface area contributed by atoms with E-state index in [1.807, 2.05) is 66.0 Å². The number of ether oxygens (including phenoxy) is 2. The van der Waals surface area contributed by atoms with Crippen molar-refractivity contribution < 1.29 is 19.1 Å². The van der Waals surface area contributed by atoms with Crippen molar-refractivity contribution in [2.75, 3.05) is 14.2 Å². The number of carbonyl (C=O) groups is 2. The van der Waals surface area contributed by atoms with E-state index in [4.69, 9.17) is 9.47 Å². The Morgan fingerprint density at radius 1 is 0.972 bits per heavy atom. The van der Waals surface area contributed by atoms with Crippen LogP contribution in [0.15, 0.2) is 66.0 Å². The molecule has 36 heavy (non-hydrogen) atoms. The SMILES string of the molecule is COc1ccc(CN(C(=O)Cc2cccs2)[C@H](C(=O)NC2CCCCC2)c2cccc(OC)c2)cc1. The first kappa shape index (κ1) is 25.8. The Hall–Kier alpha value is -3.32. The van der Waals surface area contributed by atoms with Gasteiger partial charge in [-0.3, -0.25) is 9.59 Å². The average molecular weight is 507 g/mol. The Kier molecular flexibility index (Phi) is 9.01. The molecular formula is C29H34N2O4S. The fraction of sp³-hybridized carbons (Fsp3) is 0.379. The van der Waals surface area contributed by atoms with Gasteiger partial charge in [-0.05, 0) is 59.7 Å². The molecule has 0 unspecified atom stereocenters. The number of carbonyl (C=O) groups excluding carboxylic acids is 2. The molecule has 1 aromatic heterocycles. The maximum Gasteiger partial charge on any atom is 0.247 e. The lowest BCUT2D eigenvalue weighted by Crippen LogP contribution is -2.47. The molecular weight excluding hydrogens is 472 g/mol. The molecule has 0 aliphatic heterocycles. The van der Waals surface area contributed by atoms with E-state index in [2.05, 4.69) is 5.32 Å². The summed E-state index contributed by atoms with van der Waals surface area (Å²) in [7, 11) is 3.23. The van der Waals surface area contributed by atoms with Crippen LogP contribution in [-0.2, 0) is 22.6 Å². The highest BCUT2D eigenvalue weighted by atomic mass is 32.1. The molecule has 1 aliphatic carbocycles.